The topological polar surface area (TPSA) is 15.3 Å². The van der Waals surface area contributed by atoms with Crippen LogP contribution in [0.25, 0.3) is 0 Å². The number of alkyl halides is 3. The van der Waals surface area contributed by atoms with Gasteiger partial charge in [0, 0.05) is 18.1 Å². The van der Waals surface area contributed by atoms with Crippen LogP contribution < -0.4 is 5.32 Å². The van der Waals surface area contributed by atoms with E-state index >= 15 is 0 Å². The SMILES string of the molecule is CCNC1CCC(C)(C)CC1N(CC(F)(F)F)C(C)C. The number of likely N-dealkylation sites (N-methyl/N-ethyl adjacent to an activating group) is 1. The Kier molecular flexibility index (Phi) is 5.90. The smallest absolute Gasteiger partial charge is 0.313 e. The Balaban J connectivity index is 2.92. The molecule has 0 aliphatic heterocycles. The molecule has 2 nitrogen and oxygen atoms in total. The standard InChI is InChI=1S/C15H29F3N2/c1-6-19-12-7-8-14(4,5)9-13(12)20(11(2)3)10-15(16,17)18/h11-13,19H,6-10H2,1-5H3. The second kappa shape index (κ2) is 6.65. The van der Waals surface area contributed by atoms with E-state index in [9.17, 15) is 13.2 Å². The summed E-state index contributed by atoms with van der Waals surface area (Å²) < 4.78 is 38.6. The van der Waals surface area contributed by atoms with Crippen molar-refractivity contribution in [3.05, 3.63) is 0 Å². The molecule has 1 aliphatic rings. The summed E-state index contributed by atoms with van der Waals surface area (Å²) in [6, 6.07) is 0.0229. The van der Waals surface area contributed by atoms with Crippen molar-refractivity contribution in [2.75, 3.05) is 13.1 Å². The number of hydrogen-bond donors (Lipinski definition) is 1. The predicted molar refractivity (Wildman–Crippen MR) is 76.8 cm³/mol. The lowest BCUT2D eigenvalue weighted by molar-refractivity contribution is -0.160. The van der Waals surface area contributed by atoms with E-state index in [-0.39, 0.29) is 23.5 Å². The molecule has 20 heavy (non-hydrogen) atoms. The van der Waals surface area contributed by atoms with Gasteiger partial charge in [0.2, 0.25) is 0 Å². The molecule has 0 bridgehead atoms. The molecule has 0 saturated heterocycles. The van der Waals surface area contributed by atoms with E-state index < -0.39 is 12.7 Å². The first-order valence-electron chi connectivity index (χ1n) is 7.61. The van der Waals surface area contributed by atoms with Gasteiger partial charge in [-0.3, -0.25) is 4.90 Å². The van der Waals surface area contributed by atoms with Crippen molar-refractivity contribution in [2.45, 2.75) is 78.2 Å². The van der Waals surface area contributed by atoms with Crippen molar-refractivity contribution in [1.29, 1.82) is 0 Å². The molecular formula is C15H29F3N2. The fourth-order valence-electron chi connectivity index (χ4n) is 3.29. The lowest BCUT2D eigenvalue weighted by Gasteiger charge is -2.47. The zero-order valence-electron chi connectivity index (χ0n) is 13.3. The summed E-state index contributed by atoms with van der Waals surface area (Å²) in [6.45, 7) is 10.0. The maximum absolute atomic E-state index is 12.9. The van der Waals surface area contributed by atoms with Gasteiger partial charge in [0.05, 0.1) is 6.54 Å². The molecule has 1 aliphatic carbocycles. The Morgan fingerprint density at radius 2 is 1.90 bits per heavy atom. The minimum absolute atomic E-state index is 0.0414. The molecule has 0 aromatic heterocycles. The number of halogens is 3. The molecule has 0 aromatic rings. The maximum atomic E-state index is 12.9. The number of rotatable bonds is 5. The Labute approximate surface area is 121 Å². The van der Waals surface area contributed by atoms with E-state index in [1.165, 1.54) is 0 Å². The van der Waals surface area contributed by atoms with Crippen molar-refractivity contribution >= 4 is 0 Å². The summed E-state index contributed by atoms with van der Waals surface area (Å²) in [6.07, 6.45) is -1.30. The second-order valence-electron chi connectivity index (χ2n) is 7.02. The zero-order valence-corrected chi connectivity index (χ0v) is 13.3. The third-order valence-corrected chi connectivity index (χ3v) is 4.28. The maximum Gasteiger partial charge on any atom is 0.401 e. The van der Waals surface area contributed by atoms with Gasteiger partial charge in [-0.25, -0.2) is 0 Å². The first-order chi connectivity index (χ1) is 9.06. The summed E-state index contributed by atoms with van der Waals surface area (Å²) in [5, 5.41) is 3.38. The van der Waals surface area contributed by atoms with Gasteiger partial charge in [-0.15, -0.1) is 0 Å². The van der Waals surface area contributed by atoms with Crippen LogP contribution in [0.3, 0.4) is 0 Å². The molecule has 5 heteroatoms. The van der Waals surface area contributed by atoms with Gasteiger partial charge in [-0.2, -0.15) is 13.2 Å². The highest BCUT2D eigenvalue weighted by Gasteiger charge is 2.42. The molecule has 1 fully saturated rings. The molecular weight excluding hydrogens is 265 g/mol. The van der Waals surface area contributed by atoms with E-state index in [1.807, 2.05) is 20.8 Å². The van der Waals surface area contributed by atoms with Crippen LogP contribution in [0.5, 0.6) is 0 Å². The molecule has 0 spiro atoms. The fourth-order valence-corrected chi connectivity index (χ4v) is 3.29. The van der Waals surface area contributed by atoms with E-state index in [2.05, 4.69) is 19.2 Å². The van der Waals surface area contributed by atoms with Gasteiger partial charge in [-0.1, -0.05) is 20.8 Å². The summed E-state index contributed by atoms with van der Waals surface area (Å²) in [5.41, 5.74) is 0.120. The summed E-state index contributed by atoms with van der Waals surface area (Å²) in [7, 11) is 0. The minimum Gasteiger partial charge on any atom is -0.313 e. The third-order valence-electron chi connectivity index (χ3n) is 4.28. The van der Waals surface area contributed by atoms with Crippen LogP contribution in [-0.2, 0) is 0 Å². The molecule has 1 saturated carbocycles. The van der Waals surface area contributed by atoms with E-state index in [0.29, 0.717) is 0 Å². The summed E-state index contributed by atoms with van der Waals surface area (Å²) >= 11 is 0. The van der Waals surface area contributed by atoms with Crippen LogP contribution in [0.4, 0.5) is 13.2 Å². The van der Waals surface area contributed by atoms with Crippen LogP contribution in [0.2, 0.25) is 0 Å². The van der Waals surface area contributed by atoms with Crippen LogP contribution in [0, 0.1) is 5.41 Å². The summed E-state index contributed by atoms with van der Waals surface area (Å²) in [4.78, 5) is 1.63. The first-order valence-corrected chi connectivity index (χ1v) is 7.61. The third kappa shape index (κ3) is 5.24. The second-order valence-corrected chi connectivity index (χ2v) is 7.02. The van der Waals surface area contributed by atoms with Gasteiger partial charge in [0.25, 0.3) is 0 Å². The quantitative estimate of drug-likeness (QED) is 0.829. The lowest BCUT2D eigenvalue weighted by atomic mass is 9.72. The molecule has 0 radical (unpaired) electrons. The van der Waals surface area contributed by atoms with Crippen molar-refractivity contribution < 1.29 is 13.2 Å². The van der Waals surface area contributed by atoms with E-state index in [1.54, 1.807) is 4.90 Å². The number of nitrogens with one attached hydrogen (secondary N) is 1. The summed E-state index contributed by atoms with van der Waals surface area (Å²) in [5.74, 6) is 0. The predicted octanol–water partition coefficient (Wildman–Crippen LogP) is 3.82. The lowest BCUT2D eigenvalue weighted by Crippen LogP contribution is -2.58. The molecule has 120 valence electrons. The molecule has 0 aromatic carbocycles. The highest BCUT2D eigenvalue weighted by Crippen LogP contribution is 2.38. The monoisotopic (exact) mass is 294 g/mol. The van der Waals surface area contributed by atoms with Gasteiger partial charge < -0.3 is 5.32 Å². The normalized spacial score (nSPS) is 27.3. The van der Waals surface area contributed by atoms with Gasteiger partial charge >= 0.3 is 6.18 Å². The van der Waals surface area contributed by atoms with Crippen LogP contribution in [-0.4, -0.2) is 42.3 Å². The Morgan fingerprint density at radius 3 is 2.35 bits per heavy atom. The average Bonchev–Trinajstić information content (AvgIpc) is 2.27. The highest BCUT2D eigenvalue weighted by molar-refractivity contribution is 4.95. The average molecular weight is 294 g/mol. The van der Waals surface area contributed by atoms with Crippen molar-refractivity contribution in [2.24, 2.45) is 5.41 Å². The molecule has 0 amide bonds. The molecule has 0 heterocycles. The number of nitrogens with zero attached hydrogens (tertiary/aromatic N) is 1. The van der Waals surface area contributed by atoms with Gasteiger partial charge in [-0.05, 0) is 45.1 Å². The van der Waals surface area contributed by atoms with Gasteiger partial charge in [0.1, 0.15) is 0 Å². The Morgan fingerprint density at radius 1 is 1.30 bits per heavy atom. The highest BCUT2D eigenvalue weighted by atomic mass is 19.4. The van der Waals surface area contributed by atoms with Crippen molar-refractivity contribution in [3.8, 4) is 0 Å². The molecule has 2 atom stereocenters. The van der Waals surface area contributed by atoms with Crippen molar-refractivity contribution in [3.63, 3.8) is 0 Å². The van der Waals surface area contributed by atoms with Gasteiger partial charge in [0.15, 0.2) is 0 Å². The molecule has 1 N–H and O–H groups in total. The van der Waals surface area contributed by atoms with Crippen molar-refractivity contribution in [1.82, 2.24) is 10.2 Å². The largest absolute Gasteiger partial charge is 0.401 e. The Hall–Kier alpha value is -0.290. The van der Waals surface area contributed by atoms with Crippen LogP contribution >= 0.6 is 0 Å². The molecule has 2 unspecified atom stereocenters. The zero-order chi connectivity index (χ0) is 15.6. The molecule has 1 rings (SSSR count). The number of hydrogen-bond acceptors (Lipinski definition) is 2. The van der Waals surface area contributed by atoms with Crippen LogP contribution in [0.15, 0.2) is 0 Å². The van der Waals surface area contributed by atoms with E-state index in [0.717, 1.165) is 25.8 Å². The van der Waals surface area contributed by atoms with Crippen LogP contribution in [0.1, 0.15) is 53.9 Å². The first kappa shape index (κ1) is 17.8. The fraction of sp³-hybridized carbons (Fsp3) is 1.00. The Bertz CT molecular complexity index is 300. The van der Waals surface area contributed by atoms with E-state index in [4.69, 9.17) is 0 Å². The minimum atomic E-state index is -4.14.